The van der Waals surface area contributed by atoms with E-state index < -0.39 is 0 Å². The van der Waals surface area contributed by atoms with Crippen molar-refractivity contribution in [2.75, 3.05) is 13.1 Å². The summed E-state index contributed by atoms with van der Waals surface area (Å²) < 4.78 is 5.82. The molecule has 0 radical (unpaired) electrons. The molecule has 1 N–H and O–H groups in total. The third-order valence-electron chi connectivity index (χ3n) is 5.29. The zero-order chi connectivity index (χ0) is 18.5. The molecule has 2 heterocycles. The Kier molecular flexibility index (Phi) is 5.61. The molecule has 1 aliphatic rings. The van der Waals surface area contributed by atoms with Gasteiger partial charge in [-0.3, -0.25) is 4.90 Å². The highest BCUT2D eigenvalue weighted by molar-refractivity contribution is 5.18. The predicted molar refractivity (Wildman–Crippen MR) is 103 cm³/mol. The SMILES string of the molecule is OC(c1ccccc1)C1CCN(Cc2nnc(Cc3ccccc3)o2)CC1. The van der Waals surface area contributed by atoms with Crippen LogP contribution in [0.1, 0.15) is 41.9 Å². The summed E-state index contributed by atoms with van der Waals surface area (Å²) in [4.78, 5) is 2.33. The summed E-state index contributed by atoms with van der Waals surface area (Å²) in [6.07, 6.45) is 2.23. The van der Waals surface area contributed by atoms with Crippen LogP contribution in [0.2, 0.25) is 0 Å². The van der Waals surface area contributed by atoms with Crippen LogP contribution in [-0.4, -0.2) is 33.3 Å². The lowest BCUT2D eigenvalue weighted by Crippen LogP contribution is -2.35. The molecular formula is C22H25N3O2. The van der Waals surface area contributed by atoms with Gasteiger partial charge in [0.15, 0.2) is 0 Å². The minimum atomic E-state index is -0.380. The van der Waals surface area contributed by atoms with Crippen LogP contribution in [0.3, 0.4) is 0 Å². The van der Waals surface area contributed by atoms with Crippen LogP contribution >= 0.6 is 0 Å². The summed E-state index contributed by atoms with van der Waals surface area (Å²) in [5.41, 5.74) is 2.18. The number of aromatic nitrogens is 2. The van der Waals surface area contributed by atoms with Gasteiger partial charge in [0.25, 0.3) is 0 Å². The molecule has 1 saturated heterocycles. The number of hydrogen-bond donors (Lipinski definition) is 1. The molecule has 1 unspecified atom stereocenters. The van der Waals surface area contributed by atoms with E-state index in [-0.39, 0.29) is 6.10 Å². The Balaban J connectivity index is 1.28. The second-order valence-electron chi connectivity index (χ2n) is 7.22. The summed E-state index contributed by atoms with van der Waals surface area (Å²) in [6.45, 7) is 2.55. The van der Waals surface area contributed by atoms with Gasteiger partial charge in [0.05, 0.1) is 19.1 Å². The van der Waals surface area contributed by atoms with Crippen LogP contribution < -0.4 is 0 Å². The summed E-state index contributed by atoms with van der Waals surface area (Å²) >= 11 is 0. The minimum Gasteiger partial charge on any atom is -0.424 e. The number of rotatable bonds is 6. The Hall–Kier alpha value is -2.50. The number of aliphatic hydroxyl groups excluding tert-OH is 1. The van der Waals surface area contributed by atoms with Gasteiger partial charge in [0, 0.05) is 0 Å². The third kappa shape index (κ3) is 4.62. The quantitative estimate of drug-likeness (QED) is 0.725. The molecule has 5 nitrogen and oxygen atoms in total. The number of nitrogens with zero attached hydrogens (tertiary/aromatic N) is 3. The van der Waals surface area contributed by atoms with Gasteiger partial charge in [-0.2, -0.15) is 0 Å². The van der Waals surface area contributed by atoms with Crippen molar-refractivity contribution >= 4 is 0 Å². The molecule has 4 rings (SSSR count). The van der Waals surface area contributed by atoms with Crippen LogP contribution in [0.25, 0.3) is 0 Å². The molecule has 1 aromatic heterocycles. The number of piperidine rings is 1. The first kappa shape index (κ1) is 17.9. The average Bonchev–Trinajstić information content (AvgIpc) is 3.16. The van der Waals surface area contributed by atoms with E-state index in [0.717, 1.165) is 31.5 Å². The first-order valence-electron chi connectivity index (χ1n) is 9.58. The Bertz CT molecular complexity index is 827. The standard InChI is InChI=1S/C22H25N3O2/c26-22(18-9-5-2-6-10-18)19-11-13-25(14-12-19)16-21-24-23-20(27-21)15-17-7-3-1-4-8-17/h1-10,19,22,26H,11-16H2. The number of hydrogen-bond acceptors (Lipinski definition) is 5. The summed E-state index contributed by atoms with van der Waals surface area (Å²) in [5, 5.41) is 19.0. The van der Waals surface area contributed by atoms with Gasteiger partial charge in [-0.1, -0.05) is 60.7 Å². The first-order valence-corrected chi connectivity index (χ1v) is 9.58. The van der Waals surface area contributed by atoms with Gasteiger partial charge in [0.2, 0.25) is 11.8 Å². The van der Waals surface area contributed by atoms with E-state index in [1.807, 2.05) is 48.5 Å². The van der Waals surface area contributed by atoms with Gasteiger partial charge in [-0.05, 0) is 43.0 Å². The van der Waals surface area contributed by atoms with Crippen molar-refractivity contribution in [2.45, 2.75) is 31.9 Å². The summed E-state index contributed by atoms with van der Waals surface area (Å²) in [7, 11) is 0. The van der Waals surface area contributed by atoms with E-state index in [2.05, 4.69) is 27.2 Å². The van der Waals surface area contributed by atoms with E-state index in [1.54, 1.807) is 0 Å². The van der Waals surface area contributed by atoms with Gasteiger partial charge in [0.1, 0.15) is 0 Å². The molecule has 0 aliphatic carbocycles. The zero-order valence-electron chi connectivity index (χ0n) is 15.4. The molecule has 0 spiro atoms. The molecular weight excluding hydrogens is 338 g/mol. The second kappa shape index (κ2) is 8.46. The summed E-state index contributed by atoms with van der Waals surface area (Å²) in [5.74, 6) is 1.63. The highest BCUT2D eigenvalue weighted by atomic mass is 16.4. The van der Waals surface area contributed by atoms with E-state index in [4.69, 9.17) is 4.42 Å². The molecule has 3 aromatic rings. The number of likely N-dealkylation sites (tertiary alicyclic amines) is 1. The van der Waals surface area contributed by atoms with Gasteiger partial charge < -0.3 is 9.52 Å². The van der Waals surface area contributed by atoms with Crippen molar-refractivity contribution in [3.05, 3.63) is 83.6 Å². The third-order valence-corrected chi connectivity index (χ3v) is 5.29. The number of benzene rings is 2. The molecule has 1 fully saturated rings. The largest absolute Gasteiger partial charge is 0.424 e. The fourth-order valence-corrected chi connectivity index (χ4v) is 3.73. The normalized spacial score (nSPS) is 17.1. The summed E-state index contributed by atoms with van der Waals surface area (Å²) in [6, 6.07) is 20.1. The maximum absolute atomic E-state index is 10.6. The monoisotopic (exact) mass is 363 g/mol. The highest BCUT2D eigenvalue weighted by Gasteiger charge is 2.26. The van der Waals surface area contributed by atoms with Crippen LogP contribution in [0.15, 0.2) is 65.1 Å². The van der Waals surface area contributed by atoms with Crippen LogP contribution in [0.5, 0.6) is 0 Å². The molecule has 0 amide bonds. The van der Waals surface area contributed by atoms with E-state index in [9.17, 15) is 5.11 Å². The van der Waals surface area contributed by atoms with Crippen LogP contribution in [0.4, 0.5) is 0 Å². The first-order chi connectivity index (χ1) is 13.3. The lowest BCUT2D eigenvalue weighted by molar-refractivity contribution is 0.0543. The van der Waals surface area contributed by atoms with Crippen molar-refractivity contribution in [3.63, 3.8) is 0 Å². The molecule has 27 heavy (non-hydrogen) atoms. The molecule has 1 atom stereocenters. The molecule has 2 aromatic carbocycles. The molecule has 0 bridgehead atoms. The highest BCUT2D eigenvalue weighted by Crippen LogP contribution is 2.31. The van der Waals surface area contributed by atoms with Crippen molar-refractivity contribution < 1.29 is 9.52 Å². The fraction of sp³-hybridized carbons (Fsp3) is 0.364. The Morgan fingerprint density at radius 2 is 1.56 bits per heavy atom. The molecule has 5 heteroatoms. The lowest BCUT2D eigenvalue weighted by Gasteiger charge is -2.33. The van der Waals surface area contributed by atoms with Gasteiger partial charge in [-0.25, -0.2) is 0 Å². The molecule has 0 saturated carbocycles. The van der Waals surface area contributed by atoms with Crippen LogP contribution in [0, 0.1) is 5.92 Å². The smallest absolute Gasteiger partial charge is 0.230 e. The van der Waals surface area contributed by atoms with E-state index in [0.29, 0.717) is 30.7 Å². The van der Waals surface area contributed by atoms with E-state index >= 15 is 0 Å². The maximum atomic E-state index is 10.6. The maximum Gasteiger partial charge on any atom is 0.230 e. The van der Waals surface area contributed by atoms with Crippen molar-refractivity contribution in [1.82, 2.24) is 15.1 Å². The average molecular weight is 363 g/mol. The second-order valence-corrected chi connectivity index (χ2v) is 7.22. The van der Waals surface area contributed by atoms with Gasteiger partial charge in [-0.15, -0.1) is 10.2 Å². The van der Waals surface area contributed by atoms with Crippen molar-refractivity contribution in [3.8, 4) is 0 Å². The van der Waals surface area contributed by atoms with Crippen molar-refractivity contribution in [2.24, 2.45) is 5.92 Å². The Morgan fingerprint density at radius 3 is 2.26 bits per heavy atom. The lowest BCUT2D eigenvalue weighted by atomic mass is 9.87. The Labute approximate surface area is 159 Å². The molecule has 1 aliphatic heterocycles. The number of aliphatic hydroxyl groups is 1. The fourth-order valence-electron chi connectivity index (χ4n) is 3.73. The predicted octanol–water partition coefficient (Wildman–Crippen LogP) is 3.61. The van der Waals surface area contributed by atoms with Crippen LogP contribution in [-0.2, 0) is 13.0 Å². The Morgan fingerprint density at radius 1 is 0.926 bits per heavy atom. The molecule has 140 valence electrons. The van der Waals surface area contributed by atoms with Crippen molar-refractivity contribution in [1.29, 1.82) is 0 Å². The minimum absolute atomic E-state index is 0.306. The van der Waals surface area contributed by atoms with E-state index in [1.165, 1.54) is 5.56 Å². The van der Waals surface area contributed by atoms with Gasteiger partial charge >= 0.3 is 0 Å². The zero-order valence-corrected chi connectivity index (χ0v) is 15.4. The topological polar surface area (TPSA) is 62.4 Å².